The number of aliphatic imine (C=N–C) groups is 1. The quantitative estimate of drug-likeness (QED) is 0.601. The van der Waals surface area contributed by atoms with E-state index in [0.717, 1.165) is 22.6 Å². The predicted octanol–water partition coefficient (Wildman–Crippen LogP) is 4.41. The van der Waals surface area contributed by atoms with Gasteiger partial charge in [0.15, 0.2) is 0 Å². The van der Waals surface area contributed by atoms with Gasteiger partial charge in [-0.1, -0.05) is 35.7 Å². The monoisotopic (exact) mass is 283 g/mol. The van der Waals surface area contributed by atoms with Crippen LogP contribution in [0.4, 0.5) is 5.69 Å². The Hall–Kier alpha value is -2.24. The van der Waals surface area contributed by atoms with Crippen molar-refractivity contribution in [1.29, 1.82) is 0 Å². The molecule has 2 aromatic rings. The van der Waals surface area contributed by atoms with Gasteiger partial charge in [-0.3, -0.25) is 4.99 Å². The molecule has 0 heterocycles. The minimum absolute atomic E-state index is 0.258. The van der Waals surface area contributed by atoms with Gasteiger partial charge in [0.2, 0.25) is 0 Å². The van der Waals surface area contributed by atoms with E-state index >= 15 is 0 Å². The van der Waals surface area contributed by atoms with E-state index in [1.807, 2.05) is 49.4 Å². The fourth-order valence-corrected chi connectivity index (χ4v) is 1.80. The van der Waals surface area contributed by atoms with Crippen LogP contribution >= 0.6 is 11.6 Å². The van der Waals surface area contributed by atoms with Gasteiger partial charge in [0.05, 0.1) is 5.69 Å². The van der Waals surface area contributed by atoms with E-state index in [1.54, 1.807) is 6.21 Å². The van der Waals surface area contributed by atoms with Crippen molar-refractivity contribution >= 4 is 23.5 Å². The average molecular weight is 284 g/mol. The van der Waals surface area contributed by atoms with E-state index < -0.39 is 0 Å². The third kappa shape index (κ3) is 3.88. The van der Waals surface area contributed by atoms with Gasteiger partial charge in [0.25, 0.3) is 0 Å². The highest BCUT2D eigenvalue weighted by atomic mass is 35.5. The lowest BCUT2D eigenvalue weighted by molar-refractivity contribution is 0.370. The highest BCUT2D eigenvalue weighted by molar-refractivity contribution is 6.31. The third-order valence-electron chi connectivity index (χ3n) is 2.70. The van der Waals surface area contributed by atoms with Gasteiger partial charge in [-0.15, -0.1) is 6.42 Å². The van der Waals surface area contributed by atoms with Gasteiger partial charge < -0.3 is 4.74 Å². The second kappa shape index (κ2) is 6.79. The van der Waals surface area contributed by atoms with Crippen LogP contribution in [-0.2, 0) is 0 Å². The first-order valence-corrected chi connectivity index (χ1v) is 6.53. The largest absolute Gasteiger partial charge is 0.481 e. The van der Waals surface area contributed by atoms with Crippen LogP contribution < -0.4 is 4.74 Å². The van der Waals surface area contributed by atoms with E-state index in [1.165, 1.54) is 0 Å². The highest BCUT2D eigenvalue weighted by Crippen LogP contribution is 2.22. The number of terminal acetylenes is 1. The molecular weight excluding hydrogens is 270 g/mol. The Balaban J connectivity index is 2.14. The Morgan fingerprint density at radius 2 is 2.15 bits per heavy atom. The molecule has 0 radical (unpaired) electrons. The lowest BCUT2D eigenvalue weighted by Gasteiger charge is -2.02. The summed E-state index contributed by atoms with van der Waals surface area (Å²) in [7, 11) is 0. The van der Waals surface area contributed by atoms with Crippen molar-refractivity contribution in [2.75, 3.05) is 6.61 Å². The minimum Gasteiger partial charge on any atom is -0.481 e. The summed E-state index contributed by atoms with van der Waals surface area (Å²) in [6.07, 6.45) is 6.93. The Morgan fingerprint density at radius 3 is 2.90 bits per heavy atom. The molecule has 3 heteroatoms. The number of hydrogen-bond donors (Lipinski definition) is 0. The number of aryl methyl sites for hydroxylation is 1. The van der Waals surface area contributed by atoms with Gasteiger partial charge in [-0.25, -0.2) is 0 Å². The topological polar surface area (TPSA) is 21.6 Å². The van der Waals surface area contributed by atoms with Crippen molar-refractivity contribution in [3.05, 3.63) is 58.6 Å². The molecule has 0 atom stereocenters. The molecule has 0 saturated carbocycles. The molecule has 0 aromatic heterocycles. The molecule has 0 unspecified atom stereocenters. The number of hydrogen-bond acceptors (Lipinski definition) is 2. The number of halogens is 1. The number of benzene rings is 2. The maximum atomic E-state index is 6.07. The van der Waals surface area contributed by atoms with E-state index in [9.17, 15) is 0 Å². The van der Waals surface area contributed by atoms with Crippen molar-refractivity contribution in [2.45, 2.75) is 6.92 Å². The van der Waals surface area contributed by atoms with Crippen LogP contribution in [0.5, 0.6) is 5.75 Å². The van der Waals surface area contributed by atoms with Crippen LogP contribution in [0.1, 0.15) is 11.1 Å². The SMILES string of the molecule is C#CCOc1cccc(C=Nc2ccc(C)c(Cl)c2)c1. The first-order chi connectivity index (χ1) is 9.69. The van der Waals surface area contributed by atoms with Gasteiger partial charge in [0.1, 0.15) is 12.4 Å². The average Bonchev–Trinajstić information content (AvgIpc) is 2.47. The molecule has 100 valence electrons. The van der Waals surface area contributed by atoms with Crippen molar-refractivity contribution in [3.63, 3.8) is 0 Å². The molecule has 0 N–H and O–H groups in total. The minimum atomic E-state index is 0.258. The van der Waals surface area contributed by atoms with E-state index in [2.05, 4.69) is 10.9 Å². The lowest BCUT2D eigenvalue weighted by Crippen LogP contribution is -1.93. The molecule has 0 bridgehead atoms. The maximum absolute atomic E-state index is 6.07. The standard InChI is InChI=1S/C17H14ClNO/c1-3-9-20-16-6-4-5-14(10-16)12-19-15-8-7-13(2)17(18)11-15/h1,4-8,10-12H,9H2,2H3. The van der Waals surface area contributed by atoms with Crippen LogP contribution in [-0.4, -0.2) is 12.8 Å². The summed E-state index contributed by atoms with van der Waals surface area (Å²) in [5, 5.41) is 0.714. The molecule has 2 aromatic carbocycles. The first-order valence-electron chi connectivity index (χ1n) is 6.15. The maximum Gasteiger partial charge on any atom is 0.148 e. The second-order valence-corrected chi connectivity index (χ2v) is 4.66. The fraction of sp³-hybridized carbons (Fsp3) is 0.118. The van der Waals surface area contributed by atoms with Crippen LogP contribution in [0.25, 0.3) is 0 Å². The number of rotatable bonds is 4. The highest BCUT2D eigenvalue weighted by Gasteiger charge is 1.97. The number of ether oxygens (including phenoxy) is 1. The van der Waals surface area contributed by atoms with E-state index in [4.69, 9.17) is 22.8 Å². The van der Waals surface area contributed by atoms with Crippen LogP contribution in [0.15, 0.2) is 47.5 Å². The summed E-state index contributed by atoms with van der Waals surface area (Å²) in [4.78, 5) is 4.39. The molecule has 20 heavy (non-hydrogen) atoms. The van der Waals surface area contributed by atoms with Gasteiger partial charge in [0, 0.05) is 11.2 Å². The second-order valence-electron chi connectivity index (χ2n) is 4.26. The molecule has 0 spiro atoms. The molecule has 2 nitrogen and oxygen atoms in total. The van der Waals surface area contributed by atoms with Crippen molar-refractivity contribution in [1.82, 2.24) is 0 Å². The zero-order valence-electron chi connectivity index (χ0n) is 11.1. The zero-order chi connectivity index (χ0) is 14.4. The molecule has 2 rings (SSSR count). The Kier molecular flexibility index (Phi) is 4.81. The van der Waals surface area contributed by atoms with Crippen molar-refractivity contribution < 1.29 is 4.74 Å². The van der Waals surface area contributed by atoms with Crippen LogP contribution in [0.3, 0.4) is 0 Å². The van der Waals surface area contributed by atoms with Crippen LogP contribution in [0.2, 0.25) is 5.02 Å². The van der Waals surface area contributed by atoms with Gasteiger partial charge >= 0.3 is 0 Å². The first kappa shape index (κ1) is 14.2. The van der Waals surface area contributed by atoms with E-state index in [0.29, 0.717) is 5.02 Å². The Morgan fingerprint density at radius 1 is 1.30 bits per heavy atom. The zero-order valence-corrected chi connectivity index (χ0v) is 11.9. The summed E-state index contributed by atoms with van der Waals surface area (Å²) < 4.78 is 5.36. The van der Waals surface area contributed by atoms with Gasteiger partial charge in [-0.05, 0) is 42.3 Å². The molecule has 0 amide bonds. The molecule has 0 aliphatic carbocycles. The Bertz CT molecular complexity index is 671. The summed E-state index contributed by atoms with van der Waals surface area (Å²) >= 11 is 6.07. The smallest absolute Gasteiger partial charge is 0.148 e. The Labute approximate surface area is 124 Å². The predicted molar refractivity (Wildman–Crippen MR) is 84.2 cm³/mol. The molecular formula is C17H14ClNO. The normalized spacial score (nSPS) is 10.4. The molecule has 0 saturated heterocycles. The van der Waals surface area contributed by atoms with E-state index in [-0.39, 0.29) is 6.61 Å². The van der Waals surface area contributed by atoms with Crippen molar-refractivity contribution in [2.24, 2.45) is 4.99 Å². The van der Waals surface area contributed by atoms with Gasteiger partial charge in [-0.2, -0.15) is 0 Å². The summed E-state index contributed by atoms with van der Waals surface area (Å²) in [5.41, 5.74) is 2.79. The van der Waals surface area contributed by atoms with Crippen molar-refractivity contribution in [3.8, 4) is 18.1 Å². The fourth-order valence-electron chi connectivity index (χ4n) is 1.62. The summed E-state index contributed by atoms with van der Waals surface area (Å²) in [5.74, 6) is 3.16. The summed E-state index contributed by atoms with van der Waals surface area (Å²) in [6.45, 7) is 2.22. The molecule has 0 fully saturated rings. The lowest BCUT2D eigenvalue weighted by atomic mass is 10.2. The molecule has 0 aliphatic rings. The summed E-state index contributed by atoms with van der Waals surface area (Å²) in [6, 6.07) is 13.3. The molecule has 0 aliphatic heterocycles. The van der Waals surface area contributed by atoms with Crippen LogP contribution in [0, 0.1) is 19.3 Å². The number of nitrogens with zero attached hydrogens (tertiary/aromatic N) is 1. The third-order valence-corrected chi connectivity index (χ3v) is 3.11.